The summed E-state index contributed by atoms with van der Waals surface area (Å²) in [5.41, 5.74) is 22.8. The van der Waals surface area contributed by atoms with E-state index in [1.807, 2.05) is 0 Å². The number of benzene rings is 4. The number of hydrogen-bond donors (Lipinski definition) is 2. The lowest BCUT2D eigenvalue weighted by molar-refractivity contribution is 0.250. The predicted molar refractivity (Wildman–Crippen MR) is 255 cm³/mol. The summed E-state index contributed by atoms with van der Waals surface area (Å²) in [5, 5.41) is 0. The van der Waals surface area contributed by atoms with E-state index in [4.69, 9.17) is 11.5 Å². The monoisotopic (exact) mass is 783 g/mol. The van der Waals surface area contributed by atoms with Crippen LogP contribution in [0.15, 0.2) is 97.1 Å². The van der Waals surface area contributed by atoms with E-state index in [-0.39, 0.29) is 5.41 Å². The Hall–Kier alpha value is -3.52. The zero-order chi connectivity index (χ0) is 40.8. The van der Waals surface area contributed by atoms with Crippen LogP contribution in [0, 0.1) is 5.92 Å². The molecule has 5 rings (SSSR count). The molecule has 1 saturated carbocycles. The van der Waals surface area contributed by atoms with Gasteiger partial charge in [0.1, 0.15) is 0 Å². The molecule has 58 heavy (non-hydrogen) atoms. The Balaban J connectivity index is 1.39. The van der Waals surface area contributed by atoms with Crippen LogP contribution < -0.4 is 11.5 Å². The summed E-state index contributed by atoms with van der Waals surface area (Å²) in [6.45, 7) is 6.93. The first-order valence-electron chi connectivity index (χ1n) is 24.4. The first-order chi connectivity index (χ1) is 28.5. The zero-order valence-corrected chi connectivity index (χ0v) is 37.3. The van der Waals surface area contributed by atoms with E-state index in [0.717, 1.165) is 17.3 Å². The molecule has 2 atom stereocenters. The summed E-state index contributed by atoms with van der Waals surface area (Å²) in [4.78, 5) is 0. The second kappa shape index (κ2) is 25.2. The minimum atomic E-state index is 0.0562. The van der Waals surface area contributed by atoms with Crippen molar-refractivity contribution < 1.29 is 0 Å². The first-order valence-corrected chi connectivity index (χ1v) is 24.4. The van der Waals surface area contributed by atoms with Crippen molar-refractivity contribution in [2.24, 2.45) is 5.92 Å². The number of nitrogen functional groups attached to an aromatic ring is 2. The summed E-state index contributed by atoms with van der Waals surface area (Å²) in [5.74, 6) is 1.67. The van der Waals surface area contributed by atoms with Crippen LogP contribution in [-0.2, 0) is 5.41 Å². The molecular weight excluding hydrogens is 701 g/mol. The van der Waals surface area contributed by atoms with Crippen LogP contribution in [0.3, 0.4) is 0 Å². The molecule has 4 aromatic rings. The molecule has 4 aromatic carbocycles. The summed E-state index contributed by atoms with van der Waals surface area (Å²) in [6, 6.07) is 37.5. The quantitative estimate of drug-likeness (QED) is 0.0467. The Kier molecular flexibility index (Phi) is 19.8. The van der Waals surface area contributed by atoms with Crippen molar-refractivity contribution >= 4 is 11.4 Å². The third kappa shape index (κ3) is 13.8. The maximum absolute atomic E-state index is 6.16. The van der Waals surface area contributed by atoms with Gasteiger partial charge in [0.2, 0.25) is 0 Å². The molecule has 2 nitrogen and oxygen atoms in total. The van der Waals surface area contributed by atoms with Gasteiger partial charge in [0.25, 0.3) is 0 Å². The Bertz CT molecular complexity index is 1530. The zero-order valence-electron chi connectivity index (χ0n) is 37.3. The molecule has 316 valence electrons. The SMILES string of the molecule is CCCCCCCCC1CCC(c2ccc(C(CCCCCCCC)c3ccc(N)cc3)cc2)(c2ccc(C(CCCCCCCC)c3ccc(N)cc3)cc2)CC1. The van der Waals surface area contributed by atoms with Crippen LogP contribution in [-0.4, -0.2) is 0 Å². The van der Waals surface area contributed by atoms with Crippen molar-refractivity contribution in [2.45, 2.75) is 199 Å². The van der Waals surface area contributed by atoms with Crippen LogP contribution in [0.25, 0.3) is 0 Å². The van der Waals surface area contributed by atoms with E-state index in [2.05, 4.69) is 118 Å². The van der Waals surface area contributed by atoms with Gasteiger partial charge < -0.3 is 11.5 Å². The van der Waals surface area contributed by atoms with Crippen molar-refractivity contribution in [3.8, 4) is 0 Å². The first kappa shape index (κ1) is 45.6. The highest BCUT2D eigenvalue weighted by Gasteiger charge is 2.38. The van der Waals surface area contributed by atoms with E-state index in [1.165, 1.54) is 194 Å². The maximum Gasteiger partial charge on any atom is 0.0314 e. The molecular formula is C56H82N2. The summed E-state index contributed by atoms with van der Waals surface area (Å²) >= 11 is 0. The van der Waals surface area contributed by atoms with Crippen LogP contribution in [0.1, 0.15) is 227 Å². The second-order valence-electron chi connectivity index (χ2n) is 18.4. The number of rotatable bonds is 27. The van der Waals surface area contributed by atoms with Crippen LogP contribution in [0.2, 0.25) is 0 Å². The Morgan fingerprint density at radius 1 is 0.414 bits per heavy atom. The smallest absolute Gasteiger partial charge is 0.0314 e. The van der Waals surface area contributed by atoms with Crippen LogP contribution >= 0.6 is 0 Å². The average molecular weight is 783 g/mol. The normalized spacial score (nSPS) is 17.9. The van der Waals surface area contributed by atoms with Gasteiger partial charge >= 0.3 is 0 Å². The van der Waals surface area contributed by atoms with Crippen molar-refractivity contribution in [3.05, 3.63) is 130 Å². The van der Waals surface area contributed by atoms with E-state index in [9.17, 15) is 0 Å². The number of unbranched alkanes of at least 4 members (excludes halogenated alkanes) is 15. The van der Waals surface area contributed by atoms with Gasteiger partial charge in [-0.2, -0.15) is 0 Å². The van der Waals surface area contributed by atoms with Gasteiger partial charge in [0, 0.05) is 28.6 Å². The van der Waals surface area contributed by atoms with Crippen molar-refractivity contribution in [3.63, 3.8) is 0 Å². The molecule has 0 bridgehead atoms. The predicted octanol–water partition coefficient (Wildman–Crippen LogP) is 16.8. The fraction of sp³-hybridized carbons (Fsp3) is 0.571. The molecule has 1 aliphatic carbocycles. The van der Waals surface area contributed by atoms with Gasteiger partial charge in [-0.3, -0.25) is 0 Å². The van der Waals surface area contributed by atoms with Gasteiger partial charge in [0.05, 0.1) is 0 Å². The van der Waals surface area contributed by atoms with Crippen LogP contribution in [0.4, 0.5) is 11.4 Å². The van der Waals surface area contributed by atoms with Gasteiger partial charge in [-0.05, 0) is 102 Å². The van der Waals surface area contributed by atoms with E-state index < -0.39 is 0 Å². The third-order valence-electron chi connectivity index (χ3n) is 14.0. The Morgan fingerprint density at radius 2 is 0.724 bits per heavy atom. The molecule has 1 aliphatic rings. The molecule has 0 spiro atoms. The van der Waals surface area contributed by atoms with Gasteiger partial charge in [0.15, 0.2) is 0 Å². The minimum absolute atomic E-state index is 0.0562. The minimum Gasteiger partial charge on any atom is -0.399 e. The molecule has 0 amide bonds. The molecule has 0 aromatic heterocycles. The largest absolute Gasteiger partial charge is 0.399 e. The molecule has 0 aliphatic heterocycles. The second-order valence-corrected chi connectivity index (χ2v) is 18.4. The molecule has 0 heterocycles. The molecule has 0 saturated heterocycles. The highest BCUT2D eigenvalue weighted by atomic mass is 14.5. The molecule has 2 unspecified atom stereocenters. The lowest BCUT2D eigenvalue weighted by Crippen LogP contribution is -2.33. The van der Waals surface area contributed by atoms with E-state index in [1.54, 1.807) is 0 Å². The average Bonchev–Trinajstić information content (AvgIpc) is 3.26. The summed E-state index contributed by atoms with van der Waals surface area (Å²) < 4.78 is 0. The standard InChI is InChI=1S/C56H82N2/c1-4-7-10-13-16-19-22-45-41-43-56(44-42-45,50-33-25-46(26-34-50)54(23-20-17-14-11-8-5-2)48-29-37-52(57)38-30-48)51-35-27-47(28-36-51)55(24-21-18-15-12-9-6-3)49-31-39-53(58)40-32-49/h25-40,45,54-55H,4-24,41-44,57-58H2,1-3H3. The number of hydrogen-bond acceptors (Lipinski definition) is 2. The van der Waals surface area contributed by atoms with Gasteiger partial charge in [-0.15, -0.1) is 0 Å². The fourth-order valence-corrected chi connectivity index (χ4v) is 10.3. The van der Waals surface area contributed by atoms with Gasteiger partial charge in [-0.1, -0.05) is 216 Å². The third-order valence-corrected chi connectivity index (χ3v) is 14.0. The van der Waals surface area contributed by atoms with Crippen LogP contribution in [0.5, 0.6) is 0 Å². The summed E-state index contributed by atoms with van der Waals surface area (Å²) in [6.07, 6.45) is 33.2. The molecule has 1 fully saturated rings. The molecule has 4 N–H and O–H groups in total. The highest BCUT2D eigenvalue weighted by Crippen LogP contribution is 2.48. The maximum atomic E-state index is 6.16. The Labute approximate surface area is 356 Å². The van der Waals surface area contributed by atoms with Crippen molar-refractivity contribution in [1.82, 2.24) is 0 Å². The highest BCUT2D eigenvalue weighted by molar-refractivity contribution is 5.47. The lowest BCUT2D eigenvalue weighted by atomic mass is 9.62. The fourth-order valence-electron chi connectivity index (χ4n) is 10.3. The number of nitrogens with two attached hydrogens (primary N) is 2. The number of anilines is 2. The topological polar surface area (TPSA) is 52.0 Å². The van der Waals surface area contributed by atoms with E-state index >= 15 is 0 Å². The van der Waals surface area contributed by atoms with Crippen molar-refractivity contribution in [2.75, 3.05) is 11.5 Å². The Morgan fingerprint density at radius 3 is 1.09 bits per heavy atom. The summed E-state index contributed by atoms with van der Waals surface area (Å²) in [7, 11) is 0. The lowest BCUT2D eigenvalue weighted by Gasteiger charge is -2.42. The van der Waals surface area contributed by atoms with Crippen molar-refractivity contribution in [1.29, 1.82) is 0 Å². The molecule has 2 heteroatoms. The van der Waals surface area contributed by atoms with E-state index in [0.29, 0.717) is 11.8 Å². The van der Waals surface area contributed by atoms with Gasteiger partial charge in [-0.25, -0.2) is 0 Å². The molecule has 0 radical (unpaired) electrons.